The average Bonchev–Trinajstić information content (AvgIpc) is 3.46. The summed E-state index contributed by atoms with van der Waals surface area (Å²) in [5, 5.41) is 4.28. The second-order valence-electron chi connectivity index (χ2n) is 8.14. The van der Waals surface area contributed by atoms with Gasteiger partial charge in [0.05, 0.1) is 17.7 Å². The van der Waals surface area contributed by atoms with E-state index in [0.29, 0.717) is 25.8 Å². The summed E-state index contributed by atoms with van der Waals surface area (Å²) in [5.41, 5.74) is 1.91. The number of rotatable bonds is 6. The first-order valence-electron chi connectivity index (χ1n) is 10.2. The molecule has 6 nitrogen and oxygen atoms in total. The fourth-order valence-corrected chi connectivity index (χ4v) is 4.32. The second-order valence-corrected chi connectivity index (χ2v) is 8.14. The molecule has 1 saturated carbocycles. The predicted molar refractivity (Wildman–Crippen MR) is 106 cm³/mol. The summed E-state index contributed by atoms with van der Waals surface area (Å²) in [6, 6.07) is 8.27. The van der Waals surface area contributed by atoms with Gasteiger partial charge >= 0.3 is 0 Å². The highest BCUT2D eigenvalue weighted by atomic mass is 19.1. The van der Waals surface area contributed by atoms with E-state index in [-0.39, 0.29) is 35.6 Å². The summed E-state index contributed by atoms with van der Waals surface area (Å²) < 4.78 is 14.9. The molecule has 0 bridgehead atoms. The largest absolute Gasteiger partial charge is 0.345 e. The molecule has 1 aliphatic heterocycles. The van der Waals surface area contributed by atoms with Crippen LogP contribution in [0.1, 0.15) is 43.0 Å². The molecule has 7 heteroatoms. The molecule has 1 aromatic carbocycles. The predicted octanol–water partition coefficient (Wildman–Crippen LogP) is 2.70. The molecule has 2 amide bonds. The van der Waals surface area contributed by atoms with E-state index in [2.05, 4.69) is 5.10 Å². The van der Waals surface area contributed by atoms with Crippen LogP contribution in [0, 0.1) is 11.7 Å². The molecule has 2 aliphatic rings. The Labute approximate surface area is 170 Å². The second kappa shape index (κ2) is 7.97. The van der Waals surface area contributed by atoms with Crippen molar-refractivity contribution in [3.8, 4) is 0 Å². The van der Waals surface area contributed by atoms with E-state index in [1.54, 1.807) is 27.9 Å². The lowest BCUT2D eigenvalue weighted by Crippen LogP contribution is -2.50. The molecule has 2 fully saturated rings. The third-order valence-corrected chi connectivity index (χ3v) is 6.08. The average molecular weight is 398 g/mol. The molecule has 29 heavy (non-hydrogen) atoms. The standard InChI is InChI=1S/C22H27FN4O2/c1-25(14-12-15-3-5-16(23)6-4-15)22(29)18-9-10-20(28)27(17-7-8-17)21(18)19-11-13-24-26(19)2/h3-6,11,13,17-18,21H,7-10,12,14H2,1-2H3. The van der Waals surface area contributed by atoms with E-state index >= 15 is 0 Å². The Morgan fingerprint density at radius 3 is 2.55 bits per heavy atom. The number of hydrogen-bond donors (Lipinski definition) is 0. The van der Waals surface area contributed by atoms with Crippen LogP contribution in [0.15, 0.2) is 36.5 Å². The summed E-state index contributed by atoms with van der Waals surface area (Å²) in [5.74, 6) is -0.348. The highest BCUT2D eigenvalue weighted by molar-refractivity contribution is 5.85. The Kier molecular flexibility index (Phi) is 5.39. The van der Waals surface area contributed by atoms with Gasteiger partial charge in [0.1, 0.15) is 5.82 Å². The number of likely N-dealkylation sites (tertiary alicyclic amines) is 1. The molecule has 1 aromatic heterocycles. The van der Waals surface area contributed by atoms with Gasteiger partial charge in [-0.1, -0.05) is 12.1 Å². The molecular formula is C22H27FN4O2. The quantitative estimate of drug-likeness (QED) is 0.752. The molecule has 0 spiro atoms. The van der Waals surface area contributed by atoms with Crippen molar-refractivity contribution in [3.05, 3.63) is 53.6 Å². The molecule has 2 atom stereocenters. The number of hydrogen-bond acceptors (Lipinski definition) is 3. The summed E-state index contributed by atoms with van der Waals surface area (Å²) in [7, 11) is 3.67. The molecule has 1 saturated heterocycles. The van der Waals surface area contributed by atoms with Gasteiger partial charge < -0.3 is 9.80 Å². The van der Waals surface area contributed by atoms with Crippen molar-refractivity contribution in [1.29, 1.82) is 0 Å². The van der Waals surface area contributed by atoms with Gasteiger partial charge in [-0.2, -0.15) is 5.10 Å². The van der Waals surface area contributed by atoms with Gasteiger partial charge in [-0.15, -0.1) is 0 Å². The number of carbonyl (C=O) groups is 2. The Morgan fingerprint density at radius 1 is 1.21 bits per heavy atom. The number of benzene rings is 1. The van der Waals surface area contributed by atoms with E-state index < -0.39 is 0 Å². The van der Waals surface area contributed by atoms with Gasteiger partial charge in [0.2, 0.25) is 11.8 Å². The van der Waals surface area contributed by atoms with Crippen molar-refractivity contribution in [2.45, 2.75) is 44.2 Å². The third kappa shape index (κ3) is 4.04. The van der Waals surface area contributed by atoms with Crippen LogP contribution < -0.4 is 0 Å². The Morgan fingerprint density at radius 2 is 1.93 bits per heavy atom. The normalized spacial score (nSPS) is 22.0. The number of likely N-dealkylation sites (N-methyl/N-ethyl adjacent to an activating group) is 1. The summed E-state index contributed by atoms with van der Waals surface area (Å²) in [6.07, 6.45) is 5.35. The van der Waals surface area contributed by atoms with Crippen molar-refractivity contribution in [2.75, 3.05) is 13.6 Å². The number of nitrogens with zero attached hydrogens (tertiary/aromatic N) is 4. The van der Waals surface area contributed by atoms with Gasteiger partial charge in [-0.25, -0.2) is 4.39 Å². The lowest BCUT2D eigenvalue weighted by molar-refractivity contribution is -0.148. The minimum Gasteiger partial charge on any atom is -0.345 e. The van der Waals surface area contributed by atoms with Crippen LogP contribution in [-0.2, 0) is 23.1 Å². The zero-order valence-electron chi connectivity index (χ0n) is 16.9. The maximum atomic E-state index is 13.4. The Bertz CT molecular complexity index is 890. The van der Waals surface area contributed by atoms with Gasteiger partial charge in [0, 0.05) is 39.3 Å². The smallest absolute Gasteiger partial charge is 0.227 e. The fraction of sp³-hybridized carbons (Fsp3) is 0.500. The van der Waals surface area contributed by atoms with Crippen molar-refractivity contribution in [2.24, 2.45) is 13.0 Å². The molecular weight excluding hydrogens is 371 g/mol. The minimum atomic E-state index is -0.276. The Hall–Kier alpha value is -2.70. The number of piperidine rings is 1. The molecule has 2 aromatic rings. The number of aromatic nitrogens is 2. The fourth-order valence-electron chi connectivity index (χ4n) is 4.32. The summed E-state index contributed by atoms with van der Waals surface area (Å²) in [4.78, 5) is 29.8. The first kappa shape index (κ1) is 19.6. The first-order valence-corrected chi connectivity index (χ1v) is 10.2. The van der Waals surface area contributed by atoms with Crippen LogP contribution in [0.2, 0.25) is 0 Å². The van der Waals surface area contributed by atoms with Crippen molar-refractivity contribution >= 4 is 11.8 Å². The van der Waals surface area contributed by atoms with E-state index in [1.165, 1.54) is 12.1 Å². The van der Waals surface area contributed by atoms with E-state index in [1.807, 2.05) is 25.1 Å². The van der Waals surface area contributed by atoms with Crippen molar-refractivity contribution < 1.29 is 14.0 Å². The minimum absolute atomic E-state index is 0.0523. The molecule has 2 heterocycles. The lowest BCUT2D eigenvalue weighted by Gasteiger charge is -2.42. The van der Waals surface area contributed by atoms with Crippen LogP contribution in [0.4, 0.5) is 4.39 Å². The topological polar surface area (TPSA) is 58.4 Å². The molecule has 0 N–H and O–H groups in total. The number of aryl methyl sites for hydroxylation is 1. The van der Waals surface area contributed by atoms with Gasteiger partial charge in [-0.3, -0.25) is 14.3 Å². The van der Waals surface area contributed by atoms with Crippen molar-refractivity contribution in [1.82, 2.24) is 19.6 Å². The van der Waals surface area contributed by atoms with Crippen molar-refractivity contribution in [3.63, 3.8) is 0 Å². The number of carbonyl (C=O) groups excluding carboxylic acids is 2. The Balaban J connectivity index is 1.52. The monoisotopic (exact) mass is 398 g/mol. The van der Waals surface area contributed by atoms with Crippen LogP contribution >= 0.6 is 0 Å². The highest BCUT2D eigenvalue weighted by Crippen LogP contribution is 2.43. The SMILES string of the molecule is CN(CCc1ccc(F)cc1)C(=O)C1CCC(=O)N(C2CC2)C1c1ccnn1C. The van der Waals surface area contributed by atoms with Crippen LogP contribution in [0.25, 0.3) is 0 Å². The molecule has 0 radical (unpaired) electrons. The molecule has 2 unspecified atom stereocenters. The van der Waals surface area contributed by atoms with Gasteiger partial charge in [0.15, 0.2) is 0 Å². The summed E-state index contributed by atoms with van der Waals surface area (Å²) >= 11 is 0. The van der Waals surface area contributed by atoms with Gasteiger partial charge in [-0.05, 0) is 49.4 Å². The molecule has 154 valence electrons. The molecule has 1 aliphatic carbocycles. The maximum Gasteiger partial charge on any atom is 0.227 e. The zero-order chi connectivity index (χ0) is 20.5. The van der Waals surface area contributed by atoms with E-state index in [9.17, 15) is 14.0 Å². The van der Waals surface area contributed by atoms with Crippen LogP contribution in [0.5, 0.6) is 0 Å². The van der Waals surface area contributed by atoms with Crippen LogP contribution in [0.3, 0.4) is 0 Å². The number of amides is 2. The zero-order valence-corrected chi connectivity index (χ0v) is 16.9. The van der Waals surface area contributed by atoms with E-state index in [4.69, 9.17) is 0 Å². The first-order chi connectivity index (χ1) is 14.0. The van der Waals surface area contributed by atoms with Crippen LogP contribution in [-0.4, -0.2) is 51.0 Å². The maximum absolute atomic E-state index is 13.4. The summed E-state index contributed by atoms with van der Waals surface area (Å²) in [6.45, 7) is 0.552. The third-order valence-electron chi connectivity index (χ3n) is 6.08. The lowest BCUT2D eigenvalue weighted by atomic mass is 9.85. The highest BCUT2D eigenvalue weighted by Gasteiger charge is 2.47. The number of halogens is 1. The molecule has 4 rings (SSSR count). The van der Waals surface area contributed by atoms with E-state index in [0.717, 1.165) is 24.1 Å². The van der Waals surface area contributed by atoms with Gasteiger partial charge in [0.25, 0.3) is 0 Å².